The molecule has 2 nitrogen and oxygen atoms in total. The molecular formula is C19H33NO. The fourth-order valence-electron chi connectivity index (χ4n) is 2.72. The smallest absolute Gasteiger partial charge is 0.0488 e. The van der Waals surface area contributed by atoms with Crippen LogP contribution in [0.1, 0.15) is 52.5 Å². The van der Waals surface area contributed by atoms with Crippen LogP contribution in [0.3, 0.4) is 0 Å². The maximum Gasteiger partial charge on any atom is 0.0488 e. The molecule has 0 fully saturated rings. The number of nitrogens with one attached hydrogen (secondary N) is 1. The van der Waals surface area contributed by atoms with E-state index in [0.717, 1.165) is 39.1 Å². The molecule has 0 saturated heterocycles. The lowest BCUT2D eigenvalue weighted by atomic mass is 9.75. The van der Waals surface area contributed by atoms with Crippen molar-refractivity contribution in [3.05, 3.63) is 35.9 Å². The monoisotopic (exact) mass is 291 g/mol. The van der Waals surface area contributed by atoms with E-state index < -0.39 is 0 Å². The van der Waals surface area contributed by atoms with Crippen LogP contribution in [0.25, 0.3) is 0 Å². The molecule has 0 radical (unpaired) electrons. The molecule has 1 aromatic carbocycles. The summed E-state index contributed by atoms with van der Waals surface area (Å²) in [4.78, 5) is 0. The molecule has 0 spiro atoms. The summed E-state index contributed by atoms with van der Waals surface area (Å²) in [6, 6.07) is 10.9. The van der Waals surface area contributed by atoms with E-state index >= 15 is 0 Å². The normalized spacial score (nSPS) is 14.3. The second kappa shape index (κ2) is 9.97. The third-order valence-electron chi connectivity index (χ3n) is 4.13. The predicted molar refractivity (Wildman–Crippen MR) is 91.8 cm³/mol. The SMILES string of the molecule is CCCNCC(CC)(CCOCC(C)C)c1ccccc1. The fourth-order valence-corrected chi connectivity index (χ4v) is 2.72. The summed E-state index contributed by atoms with van der Waals surface area (Å²) >= 11 is 0. The van der Waals surface area contributed by atoms with Crippen LogP contribution in [0.5, 0.6) is 0 Å². The Balaban J connectivity index is 2.71. The molecule has 1 N–H and O–H groups in total. The minimum absolute atomic E-state index is 0.188. The Morgan fingerprint density at radius 2 is 1.86 bits per heavy atom. The van der Waals surface area contributed by atoms with E-state index in [2.05, 4.69) is 63.3 Å². The van der Waals surface area contributed by atoms with Crippen molar-refractivity contribution in [2.24, 2.45) is 5.92 Å². The van der Waals surface area contributed by atoms with Crippen LogP contribution in [0.15, 0.2) is 30.3 Å². The number of hydrogen-bond donors (Lipinski definition) is 1. The molecule has 0 aliphatic carbocycles. The highest BCUT2D eigenvalue weighted by molar-refractivity contribution is 5.26. The summed E-state index contributed by atoms with van der Waals surface area (Å²) in [5, 5.41) is 3.62. The summed E-state index contributed by atoms with van der Waals surface area (Å²) in [5.41, 5.74) is 1.62. The van der Waals surface area contributed by atoms with Gasteiger partial charge in [0.05, 0.1) is 0 Å². The Hall–Kier alpha value is -0.860. The van der Waals surface area contributed by atoms with Gasteiger partial charge in [0.2, 0.25) is 0 Å². The molecule has 1 unspecified atom stereocenters. The number of ether oxygens (including phenoxy) is 1. The zero-order valence-electron chi connectivity index (χ0n) is 14.3. The first-order chi connectivity index (χ1) is 10.1. The third kappa shape index (κ3) is 6.19. The molecule has 120 valence electrons. The van der Waals surface area contributed by atoms with Gasteiger partial charge in [-0.15, -0.1) is 0 Å². The summed E-state index contributed by atoms with van der Waals surface area (Å²) < 4.78 is 5.85. The van der Waals surface area contributed by atoms with E-state index in [4.69, 9.17) is 4.74 Å². The quantitative estimate of drug-likeness (QED) is 0.610. The van der Waals surface area contributed by atoms with Gasteiger partial charge in [-0.1, -0.05) is 58.0 Å². The van der Waals surface area contributed by atoms with Crippen LogP contribution in [0, 0.1) is 5.92 Å². The van der Waals surface area contributed by atoms with Gasteiger partial charge >= 0.3 is 0 Å². The first-order valence-corrected chi connectivity index (χ1v) is 8.48. The molecule has 0 amide bonds. The van der Waals surface area contributed by atoms with Gasteiger partial charge in [0.1, 0.15) is 0 Å². The minimum atomic E-state index is 0.188. The lowest BCUT2D eigenvalue weighted by Crippen LogP contribution is -2.39. The lowest BCUT2D eigenvalue weighted by Gasteiger charge is -2.34. The summed E-state index contributed by atoms with van der Waals surface area (Å²) in [6.45, 7) is 12.7. The molecule has 1 aromatic rings. The van der Waals surface area contributed by atoms with Crippen molar-refractivity contribution < 1.29 is 4.74 Å². The van der Waals surface area contributed by atoms with E-state index in [9.17, 15) is 0 Å². The van der Waals surface area contributed by atoms with Gasteiger partial charge in [-0.3, -0.25) is 0 Å². The Kier molecular flexibility index (Phi) is 8.63. The second-order valence-corrected chi connectivity index (χ2v) is 6.40. The van der Waals surface area contributed by atoms with Crippen molar-refractivity contribution in [2.75, 3.05) is 26.3 Å². The van der Waals surface area contributed by atoms with Gasteiger partial charge in [0.15, 0.2) is 0 Å². The highest BCUT2D eigenvalue weighted by atomic mass is 16.5. The van der Waals surface area contributed by atoms with Crippen molar-refractivity contribution >= 4 is 0 Å². The van der Waals surface area contributed by atoms with Crippen molar-refractivity contribution in [3.8, 4) is 0 Å². The molecule has 1 atom stereocenters. The Labute approximate surface area is 131 Å². The first-order valence-electron chi connectivity index (χ1n) is 8.48. The van der Waals surface area contributed by atoms with Crippen LogP contribution < -0.4 is 5.32 Å². The zero-order valence-corrected chi connectivity index (χ0v) is 14.3. The summed E-state index contributed by atoms with van der Waals surface area (Å²) in [7, 11) is 0. The third-order valence-corrected chi connectivity index (χ3v) is 4.13. The van der Waals surface area contributed by atoms with E-state index in [0.29, 0.717) is 5.92 Å². The van der Waals surface area contributed by atoms with E-state index in [1.807, 2.05) is 0 Å². The van der Waals surface area contributed by atoms with Gasteiger partial charge < -0.3 is 10.1 Å². The molecule has 2 heteroatoms. The predicted octanol–water partition coefficient (Wildman–Crippen LogP) is 4.40. The van der Waals surface area contributed by atoms with Crippen LogP contribution in [-0.2, 0) is 10.2 Å². The average Bonchev–Trinajstić information content (AvgIpc) is 2.50. The van der Waals surface area contributed by atoms with E-state index in [1.165, 1.54) is 12.0 Å². The van der Waals surface area contributed by atoms with Crippen LogP contribution in [0.4, 0.5) is 0 Å². The summed E-state index contributed by atoms with van der Waals surface area (Å²) in [6.07, 6.45) is 3.40. The highest BCUT2D eigenvalue weighted by Crippen LogP contribution is 2.31. The molecule has 0 saturated carbocycles. The van der Waals surface area contributed by atoms with Gasteiger partial charge in [0.25, 0.3) is 0 Å². The topological polar surface area (TPSA) is 21.3 Å². The Morgan fingerprint density at radius 3 is 2.43 bits per heavy atom. The summed E-state index contributed by atoms with van der Waals surface area (Å²) in [5.74, 6) is 0.607. The average molecular weight is 291 g/mol. The van der Waals surface area contributed by atoms with Crippen LogP contribution in [-0.4, -0.2) is 26.3 Å². The van der Waals surface area contributed by atoms with Crippen molar-refractivity contribution in [1.29, 1.82) is 0 Å². The zero-order chi connectivity index (χ0) is 15.6. The molecule has 0 heterocycles. The highest BCUT2D eigenvalue weighted by Gasteiger charge is 2.29. The first kappa shape index (κ1) is 18.2. The molecule has 0 aromatic heterocycles. The Morgan fingerprint density at radius 1 is 1.14 bits per heavy atom. The van der Waals surface area contributed by atoms with Crippen molar-refractivity contribution in [3.63, 3.8) is 0 Å². The molecule has 0 bridgehead atoms. The lowest BCUT2D eigenvalue weighted by molar-refractivity contribution is 0.0909. The number of rotatable bonds is 11. The molecule has 21 heavy (non-hydrogen) atoms. The van der Waals surface area contributed by atoms with Gasteiger partial charge in [0, 0.05) is 25.2 Å². The Bertz CT molecular complexity index is 363. The largest absolute Gasteiger partial charge is 0.381 e. The minimum Gasteiger partial charge on any atom is -0.381 e. The molecular weight excluding hydrogens is 258 g/mol. The number of benzene rings is 1. The standard InChI is InChI=1S/C19H33NO/c1-5-13-20-16-19(6-2,12-14-21-15-17(3)4)18-10-8-7-9-11-18/h7-11,17,20H,5-6,12-16H2,1-4H3. The second-order valence-electron chi connectivity index (χ2n) is 6.40. The molecule has 0 aliphatic heterocycles. The molecule has 1 rings (SSSR count). The van der Waals surface area contributed by atoms with Crippen molar-refractivity contribution in [1.82, 2.24) is 5.32 Å². The number of hydrogen-bond acceptors (Lipinski definition) is 2. The van der Waals surface area contributed by atoms with E-state index in [-0.39, 0.29) is 5.41 Å². The fraction of sp³-hybridized carbons (Fsp3) is 0.684. The van der Waals surface area contributed by atoms with Crippen LogP contribution in [0.2, 0.25) is 0 Å². The van der Waals surface area contributed by atoms with Crippen LogP contribution >= 0.6 is 0 Å². The van der Waals surface area contributed by atoms with Gasteiger partial charge in [-0.25, -0.2) is 0 Å². The van der Waals surface area contributed by atoms with Gasteiger partial charge in [-0.2, -0.15) is 0 Å². The molecule has 0 aliphatic rings. The van der Waals surface area contributed by atoms with E-state index in [1.54, 1.807) is 0 Å². The maximum absolute atomic E-state index is 5.85. The van der Waals surface area contributed by atoms with Crippen molar-refractivity contribution in [2.45, 2.75) is 52.4 Å². The maximum atomic E-state index is 5.85. The van der Waals surface area contributed by atoms with Gasteiger partial charge in [-0.05, 0) is 37.3 Å².